The lowest BCUT2D eigenvalue weighted by atomic mass is 10.1. The van der Waals surface area contributed by atoms with Crippen molar-refractivity contribution >= 4 is 5.69 Å². The lowest BCUT2D eigenvalue weighted by Crippen LogP contribution is -2.10. The number of anilines is 1. The fourth-order valence-corrected chi connectivity index (χ4v) is 1.35. The van der Waals surface area contributed by atoms with Crippen LogP contribution >= 0.6 is 0 Å². The van der Waals surface area contributed by atoms with Crippen molar-refractivity contribution in [2.24, 2.45) is 5.92 Å². The first-order valence-electron chi connectivity index (χ1n) is 4.96. The van der Waals surface area contributed by atoms with Gasteiger partial charge in [-0.15, -0.1) is 0 Å². The van der Waals surface area contributed by atoms with E-state index in [1.165, 1.54) is 12.8 Å². The van der Waals surface area contributed by atoms with E-state index in [-0.39, 0.29) is 0 Å². The molecule has 1 aromatic heterocycles. The van der Waals surface area contributed by atoms with E-state index in [1.807, 2.05) is 18.3 Å². The largest absolute Gasteiger partial charge is 0.384 e. The molecule has 2 nitrogen and oxygen atoms in total. The maximum Gasteiger partial charge on any atom is 0.0526 e. The van der Waals surface area contributed by atoms with Crippen LogP contribution in [0.2, 0.25) is 0 Å². The summed E-state index contributed by atoms with van der Waals surface area (Å²) in [6, 6.07) is 4.00. The predicted octanol–water partition coefficient (Wildman–Crippen LogP) is 2.93. The Morgan fingerprint density at radius 2 is 2.38 bits per heavy atom. The Bertz CT molecular complexity index is 221. The minimum Gasteiger partial charge on any atom is -0.384 e. The van der Waals surface area contributed by atoms with Gasteiger partial charge in [0.05, 0.1) is 5.69 Å². The molecule has 0 saturated carbocycles. The average molecular weight is 178 g/mol. The number of hydrogen-bond donors (Lipinski definition) is 1. The third-order valence-corrected chi connectivity index (χ3v) is 2.10. The molecule has 0 amide bonds. The summed E-state index contributed by atoms with van der Waals surface area (Å²) in [5.74, 6) is 0.741. The van der Waals surface area contributed by atoms with Gasteiger partial charge in [-0.1, -0.05) is 20.3 Å². The van der Waals surface area contributed by atoms with Crippen molar-refractivity contribution in [2.75, 3.05) is 11.9 Å². The highest BCUT2D eigenvalue weighted by molar-refractivity contribution is 5.39. The molecule has 1 N–H and O–H groups in total. The molecule has 0 radical (unpaired) electrons. The van der Waals surface area contributed by atoms with Gasteiger partial charge in [-0.05, 0) is 24.5 Å². The van der Waals surface area contributed by atoms with Crippen LogP contribution in [0.15, 0.2) is 24.5 Å². The van der Waals surface area contributed by atoms with Crippen molar-refractivity contribution in [3.63, 3.8) is 0 Å². The third kappa shape index (κ3) is 3.92. The van der Waals surface area contributed by atoms with Crippen LogP contribution in [0.5, 0.6) is 0 Å². The second kappa shape index (κ2) is 5.57. The van der Waals surface area contributed by atoms with Crippen LogP contribution < -0.4 is 5.32 Å². The van der Waals surface area contributed by atoms with E-state index in [0.717, 1.165) is 18.2 Å². The molecule has 0 fully saturated rings. The van der Waals surface area contributed by atoms with Crippen LogP contribution in [-0.2, 0) is 0 Å². The molecule has 0 saturated heterocycles. The normalized spacial score (nSPS) is 12.5. The Morgan fingerprint density at radius 1 is 1.54 bits per heavy atom. The monoisotopic (exact) mass is 178 g/mol. The van der Waals surface area contributed by atoms with Crippen LogP contribution in [0.4, 0.5) is 5.69 Å². The maximum atomic E-state index is 4.05. The number of nitrogens with one attached hydrogen (secondary N) is 1. The molecule has 1 rings (SSSR count). The highest BCUT2D eigenvalue weighted by Crippen LogP contribution is 2.08. The minimum atomic E-state index is 0.741. The fraction of sp³-hybridized carbons (Fsp3) is 0.545. The number of pyridine rings is 1. The Kier molecular flexibility index (Phi) is 4.30. The first kappa shape index (κ1) is 10.0. The smallest absolute Gasteiger partial charge is 0.0526 e. The van der Waals surface area contributed by atoms with Crippen LogP contribution in [0.1, 0.15) is 26.7 Å². The van der Waals surface area contributed by atoms with Crippen molar-refractivity contribution in [3.05, 3.63) is 24.5 Å². The summed E-state index contributed by atoms with van der Waals surface area (Å²) in [7, 11) is 0. The van der Waals surface area contributed by atoms with Gasteiger partial charge in [-0.3, -0.25) is 4.98 Å². The number of nitrogens with zero attached hydrogens (tertiary/aromatic N) is 1. The van der Waals surface area contributed by atoms with Crippen molar-refractivity contribution < 1.29 is 0 Å². The van der Waals surface area contributed by atoms with Gasteiger partial charge in [0.15, 0.2) is 0 Å². The molecule has 1 aromatic rings. The molecule has 0 aliphatic rings. The molecule has 0 unspecified atom stereocenters. The van der Waals surface area contributed by atoms with Gasteiger partial charge < -0.3 is 5.32 Å². The Labute approximate surface area is 80.4 Å². The first-order valence-corrected chi connectivity index (χ1v) is 4.96. The maximum absolute atomic E-state index is 4.05. The average Bonchev–Trinajstić information content (AvgIpc) is 2.17. The van der Waals surface area contributed by atoms with Crippen LogP contribution in [0.25, 0.3) is 0 Å². The van der Waals surface area contributed by atoms with Crippen LogP contribution in [-0.4, -0.2) is 11.5 Å². The van der Waals surface area contributed by atoms with E-state index >= 15 is 0 Å². The van der Waals surface area contributed by atoms with Gasteiger partial charge in [0, 0.05) is 18.9 Å². The fourth-order valence-electron chi connectivity index (χ4n) is 1.35. The summed E-state index contributed by atoms with van der Waals surface area (Å²) in [5, 5.41) is 3.37. The van der Waals surface area contributed by atoms with Gasteiger partial charge in [-0.25, -0.2) is 0 Å². The van der Waals surface area contributed by atoms with Gasteiger partial charge in [0.25, 0.3) is 0 Å². The first-order chi connectivity index (χ1) is 6.33. The number of rotatable bonds is 5. The summed E-state index contributed by atoms with van der Waals surface area (Å²) < 4.78 is 0. The molecule has 0 aliphatic carbocycles. The molecule has 72 valence electrons. The van der Waals surface area contributed by atoms with Gasteiger partial charge in [0.2, 0.25) is 0 Å². The van der Waals surface area contributed by atoms with Crippen LogP contribution in [0.3, 0.4) is 0 Å². The summed E-state index contributed by atoms with van der Waals surface area (Å²) in [4.78, 5) is 4.05. The summed E-state index contributed by atoms with van der Waals surface area (Å²) in [6.07, 6.45) is 6.20. The molecular weight excluding hydrogens is 160 g/mol. The summed E-state index contributed by atoms with van der Waals surface area (Å²) >= 11 is 0. The number of hydrogen-bond acceptors (Lipinski definition) is 2. The van der Waals surface area contributed by atoms with E-state index < -0.39 is 0 Å². The minimum absolute atomic E-state index is 0.741. The van der Waals surface area contributed by atoms with Gasteiger partial charge >= 0.3 is 0 Å². The molecular formula is C11H18N2. The van der Waals surface area contributed by atoms with Crippen molar-refractivity contribution in [1.29, 1.82) is 0 Å². The highest BCUT2D eigenvalue weighted by Gasteiger charge is 1.99. The van der Waals surface area contributed by atoms with E-state index in [0.29, 0.717) is 0 Å². The standard InChI is InChI=1S/C11H18N2/c1-3-5-10(2)8-13-11-6-4-7-12-9-11/h4,6-7,9-10,13H,3,5,8H2,1-2H3/t10-/m1/s1. The molecule has 1 atom stereocenters. The molecule has 2 heteroatoms. The van der Waals surface area contributed by atoms with E-state index in [2.05, 4.69) is 24.1 Å². The Balaban J connectivity index is 2.27. The number of aromatic nitrogens is 1. The quantitative estimate of drug-likeness (QED) is 0.749. The molecule has 1 heterocycles. The Morgan fingerprint density at radius 3 is 3.00 bits per heavy atom. The van der Waals surface area contributed by atoms with Gasteiger partial charge in [-0.2, -0.15) is 0 Å². The van der Waals surface area contributed by atoms with Crippen molar-refractivity contribution in [1.82, 2.24) is 4.98 Å². The van der Waals surface area contributed by atoms with E-state index in [9.17, 15) is 0 Å². The molecule has 0 bridgehead atoms. The van der Waals surface area contributed by atoms with E-state index in [4.69, 9.17) is 0 Å². The lowest BCUT2D eigenvalue weighted by Gasteiger charge is -2.11. The SMILES string of the molecule is CCC[C@@H](C)CNc1cccnc1. The predicted molar refractivity (Wildman–Crippen MR) is 56.8 cm³/mol. The van der Waals surface area contributed by atoms with E-state index in [1.54, 1.807) is 6.20 Å². The summed E-state index contributed by atoms with van der Waals surface area (Å²) in [6.45, 7) is 5.53. The molecule has 13 heavy (non-hydrogen) atoms. The van der Waals surface area contributed by atoms with Crippen LogP contribution in [0, 0.1) is 5.92 Å². The Hall–Kier alpha value is -1.05. The summed E-state index contributed by atoms with van der Waals surface area (Å²) in [5.41, 5.74) is 1.12. The lowest BCUT2D eigenvalue weighted by molar-refractivity contribution is 0.550. The zero-order valence-electron chi connectivity index (χ0n) is 8.46. The topological polar surface area (TPSA) is 24.9 Å². The third-order valence-electron chi connectivity index (χ3n) is 2.10. The highest BCUT2D eigenvalue weighted by atomic mass is 14.9. The molecule has 0 spiro atoms. The zero-order valence-corrected chi connectivity index (χ0v) is 8.46. The zero-order chi connectivity index (χ0) is 9.52. The molecule has 0 aliphatic heterocycles. The molecule has 0 aromatic carbocycles. The second-order valence-electron chi connectivity index (χ2n) is 3.52. The second-order valence-corrected chi connectivity index (χ2v) is 3.52. The van der Waals surface area contributed by atoms with Crippen molar-refractivity contribution in [3.8, 4) is 0 Å². The van der Waals surface area contributed by atoms with Crippen molar-refractivity contribution in [2.45, 2.75) is 26.7 Å². The van der Waals surface area contributed by atoms with Gasteiger partial charge in [0.1, 0.15) is 0 Å².